The van der Waals surface area contributed by atoms with Crippen LogP contribution in [-0.4, -0.2) is 169 Å². The lowest BCUT2D eigenvalue weighted by Gasteiger charge is -2.35. The predicted octanol–water partition coefficient (Wildman–Crippen LogP) is -4.43. The maximum Gasteiger partial charge on any atom is 0.479 e. The van der Waals surface area contributed by atoms with Crippen LogP contribution in [0.4, 0.5) is 11.8 Å². The van der Waals surface area contributed by atoms with Crippen LogP contribution in [0.25, 0.3) is 22.3 Å². The molecule has 35 nitrogen and oxygen atoms in total. The van der Waals surface area contributed by atoms with Crippen LogP contribution in [-0.2, 0) is 66.9 Å². The number of H-pyrrole nitrogens is 2. The van der Waals surface area contributed by atoms with Gasteiger partial charge in [-0.15, -0.1) is 0 Å². The smallest absolute Gasteiger partial charge is 0.479 e. The summed E-state index contributed by atoms with van der Waals surface area (Å²) >= 11 is 0. The van der Waals surface area contributed by atoms with E-state index >= 15 is 0 Å². The summed E-state index contributed by atoms with van der Waals surface area (Å²) in [6.45, 7) is -3.38. The molecule has 5 unspecified atom stereocenters. The summed E-state index contributed by atoms with van der Waals surface area (Å²) in [5, 5.41) is 32.7. The maximum absolute atomic E-state index is 14.2. The topological polar surface area (TPSA) is 501 Å². The van der Waals surface area contributed by atoms with Crippen molar-refractivity contribution in [1.82, 2.24) is 43.6 Å². The molecule has 0 amide bonds. The summed E-state index contributed by atoms with van der Waals surface area (Å²) in [5.41, 5.74) is 7.26. The zero-order valence-electron chi connectivity index (χ0n) is 38.0. The molecule has 0 aromatic carbocycles. The van der Waals surface area contributed by atoms with Crippen LogP contribution in [0.1, 0.15) is 18.7 Å². The van der Waals surface area contributed by atoms with Crippen LogP contribution in [0.3, 0.4) is 0 Å². The molecule has 12 N–H and O–H groups in total. The van der Waals surface area contributed by atoms with Crippen molar-refractivity contribution in [3.63, 3.8) is 0 Å². The molecule has 8 heterocycles. The first-order valence-electron chi connectivity index (χ1n) is 21.2. The number of rotatable bonds is 20. The Morgan fingerprint density at radius 1 is 0.795 bits per heavy atom. The number of hydrogen-bond acceptors (Lipinski definition) is 26. The standard InChI is InChI=1S/C34H48N12O23P4/c1-43-12-46(28-20(43)29(51)42-33(36)41-28)30-21(48)14(6-61-2)15(66-30)7-63-70(53,54)13-71(55,56)69-73(59,60)65-9-17-25(24(62-3)32(68-17)45-11-39-19-26(35)37-10-38-27(19)45)72(57,58)64-8-16-22(49)23(50)31(67-16)44-5-4-18(47)40-34(44)52/h4-5,10-12,14-17,21-25,30-32,48-50H,6-9,13H2,1-3H3,(H9-,35,36,37,38,40,41,42,47,51,52,53,54,55,56,57,58,59,60)/t14-,15-,16-,17?,21-,22-,23-,24-,25-,30-,31-,32-/m1/s1. The van der Waals surface area contributed by atoms with E-state index in [0.717, 1.165) is 36.6 Å². The highest BCUT2D eigenvalue weighted by Crippen LogP contribution is 2.67. The van der Waals surface area contributed by atoms with Gasteiger partial charge in [0, 0.05) is 32.4 Å². The SMILES string of the molecule is COC[C@H]1[C@@H](O)[C@H](n2c[n+](C)c3c(=O)[nH]c(N)nc32)O[C@@H]1COP(=O)(O)CP(=O)(O)OP(=O)(O)OCC1O[C@@H](n2cnc3c(N)ncnc32)[C@H](OC)[C@@H]1P(=O)([O-])OC[C@H]1O[C@@H](n2ccc(=O)[nH]c2=O)[C@H](O)[C@@H]1O. The summed E-state index contributed by atoms with van der Waals surface area (Å²) in [6, 6.07) is 0.924. The van der Waals surface area contributed by atoms with Gasteiger partial charge in [-0.1, -0.05) is 0 Å². The third kappa shape index (κ3) is 11.2. The average molecular weight is 1120 g/mol. The molecule has 5 aromatic rings. The predicted molar refractivity (Wildman–Crippen MR) is 238 cm³/mol. The van der Waals surface area contributed by atoms with E-state index in [0.29, 0.717) is 0 Å². The summed E-state index contributed by atoms with van der Waals surface area (Å²) in [6.07, 6.45) is -11.6. The van der Waals surface area contributed by atoms with Crippen LogP contribution in [0.5, 0.6) is 0 Å². The summed E-state index contributed by atoms with van der Waals surface area (Å²) in [5.74, 6) is -3.16. The molecule has 0 spiro atoms. The fourth-order valence-corrected chi connectivity index (χ4v) is 15.4. The van der Waals surface area contributed by atoms with E-state index < -0.39 is 146 Å². The number of aromatic nitrogens is 10. The number of nitrogen functional groups attached to an aromatic ring is 2. The first-order chi connectivity index (χ1) is 34.2. The van der Waals surface area contributed by atoms with Crippen molar-refractivity contribution in [2.24, 2.45) is 13.0 Å². The number of phosphoric ester groups is 1. The minimum atomic E-state index is -5.87. The largest absolute Gasteiger partial charge is 0.778 e. The minimum absolute atomic E-state index is 0.000205. The number of nitrogens with one attached hydrogen (secondary N) is 2. The van der Waals surface area contributed by atoms with Gasteiger partial charge in [0.05, 0.1) is 57.7 Å². The van der Waals surface area contributed by atoms with Crippen molar-refractivity contribution < 1.29 is 99.3 Å². The molecule has 402 valence electrons. The molecule has 3 aliphatic rings. The van der Waals surface area contributed by atoms with Gasteiger partial charge in [-0.05, 0) is 0 Å². The summed E-state index contributed by atoms with van der Waals surface area (Å²) in [4.78, 5) is 103. The van der Waals surface area contributed by atoms with Crippen LogP contribution in [0, 0.1) is 5.92 Å². The van der Waals surface area contributed by atoms with Crippen molar-refractivity contribution in [3.05, 3.63) is 62.4 Å². The molecule has 0 bridgehead atoms. The third-order valence-corrected chi connectivity index (χ3v) is 19.5. The van der Waals surface area contributed by atoms with E-state index in [1.54, 1.807) is 0 Å². The Labute approximate surface area is 407 Å². The van der Waals surface area contributed by atoms with Crippen LogP contribution < -0.4 is 37.7 Å². The van der Waals surface area contributed by atoms with Crippen molar-refractivity contribution in [1.29, 1.82) is 0 Å². The molecule has 3 saturated heterocycles. The first kappa shape index (κ1) is 54.7. The average Bonchev–Trinajstić information content (AvgIpc) is 4.10. The van der Waals surface area contributed by atoms with Gasteiger partial charge in [0.1, 0.15) is 50.0 Å². The number of aryl methyl sites for hydroxylation is 1. The molecule has 0 aliphatic carbocycles. The van der Waals surface area contributed by atoms with Gasteiger partial charge in [0.25, 0.3) is 16.7 Å². The van der Waals surface area contributed by atoms with Crippen LogP contribution >= 0.6 is 30.6 Å². The van der Waals surface area contributed by atoms with Crippen molar-refractivity contribution >= 4 is 64.7 Å². The minimum Gasteiger partial charge on any atom is -0.778 e. The van der Waals surface area contributed by atoms with Gasteiger partial charge in [0.15, 0.2) is 29.8 Å². The number of aromatic amines is 2. The third-order valence-electron chi connectivity index (χ3n) is 11.9. The number of methoxy groups -OCH3 is 2. The van der Waals surface area contributed by atoms with Gasteiger partial charge < -0.3 is 83.7 Å². The number of hydrogen-bond donors (Lipinski definition) is 10. The normalized spacial score (nSPS) is 30.9. The number of anilines is 2. The zero-order chi connectivity index (χ0) is 53.1. The molecular formula is C34H48N12O23P4. The Bertz CT molecular complexity index is 3240. The summed E-state index contributed by atoms with van der Waals surface area (Å²) in [7, 11) is -18.5. The number of ether oxygens (including phenoxy) is 5. The second-order valence-corrected chi connectivity index (χ2v) is 24.5. The van der Waals surface area contributed by atoms with Gasteiger partial charge in [0.2, 0.25) is 18.5 Å². The highest BCUT2D eigenvalue weighted by atomic mass is 31.3. The Hall–Kier alpha value is -4.54. The van der Waals surface area contributed by atoms with E-state index in [-0.39, 0.29) is 40.7 Å². The maximum atomic E-state index is 14.2. The van der Waals surface area contributed by atoms with Crippen molar-refractivity contribution in [3.8, 4) is 0 Å². The molecular weight excluding hydrogens is 1070 g/mol. The molecule has 0 saturated carbocycles. The lowest BCUT2D eigenvalue weighted by molar-refractivity contribution is -0.646. The second-order valence-electron chi connectivity index (χ2n) is 16.7. The molecule has 8 rings (SSSR count). The molecule has 5 aromatic heterocycles. The number of nitrogens with zero attached hydrogens (tertiary/aromatic N) is 8. The van der Waals surface area contributed by atoms with E-state index in [2.05, 4.69) is 29.2 Å². The number of imidazole rings is 2. The molecule has 39 heteroatoms. The lowest BCUT2D eigenvalue weighted by atomic mass is 9.99. The van der Waals surface area contributed by atoms with Gasteiger partial charge in [-0.25, -0.2) is 33.2 Å². The lowest BCUT2D eigenvalue weighted by Crippen LogP contribution is -2.40. The number of nitrogens with two attached hydrogens (primary N) is 2. The molecule has 0 radical (unpaired) electrons. The highest BCUT2D eigenvalue weighted by Gasteiger charge is 2.55. The molecule has 3 aliphatic heterocycles. The van der Waals surface area contributed by atoms with Crippen molar-refractivity contribution in [2.45, 2.75) is 67.1 Å². The summed E-state index contributed by atoms with van der Waals surface area (Å²) < 4.78 is 107. The van der Waals surface area contributed by atoms with Gasteiger partial charge in [-0.3, -0.25) is 42.3 Å². The zero-order valence-corrected chi connectivity index (χ0v) is 41.6. The monoisotopic (exact) mass is 1120 g/mol. The molecule has 3 fully saturated rings. The van der Waals surface area contributed by atoms with E-state index in [1.807, 2.05) is 4.98 Å². The number of fused-ring (bicyclic) bond motifs is 2. The number of aliphatic hydroxyl groups is 3. The van der Waals surface area contributed by atoms with E-state index in [4.69, 9.17) is 48.7 Å². The molecule has 73 heavy (non-hydrogen) atoms. The van der Waals surface area contributed by atoms with E-state index in [1.165, 1.54) is 34.2 Å². The van der Waals surface area contributed by atoms with Gasteiger partial charge >= 0.3 is 34.3 Å². The Kier molecular flexibility index (Phi) is 15.6. The van der Waals surface area contributed by atoms with Crippen LogP contribution in [0.2, 0.25) is 0 Å². The first-order valence-corrected chi connectivity index (χ1v) is 27.8. The Balaban J connectivity index is 0.957. The van der Waals surface area contributed by atoms with Crippen LogP contribution in [0.15, 0.2) is 45.6 Å². The van der Waals surface area contributed by atoms with E-state index in [9.17, 15) is 67.5 Å². The number of phosphoric acid groups is 1. The Morgan fingerprint density at radius 3 is 2.16 bits per heavy atom. The van der Waals surface area contributed by atoms with Crippen molar-refractivity contribution in [2.75, 3.05) is 58.0 Å². The quantitative estimate of drug-likeness (QED) is 0.0260. The second kappa shape index (κ2) is 20.9. The molecule has 16 atom stereocenters. The fraction of sp³-hybridized carbons (Fsp3) is 0.588. The number of aliphatic hydroxyl groups excluding tert-OH is 3. The fourth-order valence-electron chi connectivity index (χ4n) is 8.64. The van der Waals surface area contributed by atoms with Gasteiger partial charge in [-0.2, -0.15) is 9.55 Å². The highest BCUT2D eigenvalue weighted by molar-refractivity contribution is 7.74. The Morgan fingerprint density at radius 2 is 1.47 bits per heavy atom.